The molecule has 0 aliphatic heterocycles. The second-order valence-electron chi connectivity index (χ2n) is 12.6. The van der Waals surface area contributed by atoms with Crippen LogP contribution < -0.4 is 0 Å². The lowest BCUT2D eigenvalue weighted by Gasteiger charge is -2.48. The first-order valence-corrected chi connectivity index (χ1v) is 18.3. The van der Waals surface area contributed by atoms with Gasteiger partial charge >= 0.3 is 0 Å². The van der Waals surface area contributed by atoms with Crippen LogP contribution in [0.1, 0.15) is 54.4 Å². The fraction of sp³-hybridized carbons (Fsp3) is 0.714. The molecule has 198 valence electrons. The van der Waals surface area contributed by atoms with Crippen molar-refractivity contribution in [2.45, 2.75) is 115 Å². The molecule has 0 aromatic heterocycles. The first kappa shape index (κ1) is 33.2. The summed E-state index contributed by atoms with van der Waals surface area (Å²) >= 11 is 0. The van der Waals surface area contributed by atoms with Crippen LogP contribution in [-0.4, -0.2) is 51.3 Å². The molecule has 0 aliphatic carbocycles. The molecule has 6 heteroatoms. The normalized spacial score (nSPS) is 18.8. The zero-order valence-electron chi connectivity index (χ0n) is 23.7. The Kier molecular flexibility index (Phi) is 12.7. The van der Waals surface area contributed by atoms with Crippen LogP contribution in [0.4, 0.5) is 0 Å². The number of aliphatic hydroxyl groups excluding tert-OH is 2. The number of hydrogen-bond donors (Lipinski definition) is 2. The number of rotatable bonds is 15. The third kappa shape index (κ3) is 9.36. The maximum atomic E-state index is 10.5. The molecule has 0 aliphatic rings. The van der Waals surface area contributed by atoms with E-state index in [2.05, 4.69) is 94.0 Å². The molecule has 0 aromatic carbocycles. The van der Waals surface area contributed by atoms with Crippen LogP contribution in [0.25, 0.3) is 0 Å². The summed E-state index contributed by atoms with van der Waals surface area (Å²) in [5, 5.41) is 20.9. The van der Waals surface area contributed by atoms with E-state index in [0.29, 0.717) is 12.8 Å². The van der Waals surface area contributed by atoms with Crippen molar-refractivity contribution in [3.8, 4) is 0 Å². The summed E-state index contributed by atoms with van der Waals surface area (Å²) in [5.74, 6) is -0.333. The highest BCUT2D eigenvalue weighted by molar-refractivity contribution is 6.74. The van der Waals surface area contributed by atoms with E-state index in [0.717, 1.165) is 0 Å². The van der Waals surface area contributed by atoms with Gasteiger partial charge in [0.2, 0.25) is 0 Å². The molecule has 34 heavy (non-hydrogen) atoms. The second kappa shape index (κ2) is 13.0. The highest BCUT2D eigenvalue weighted by Gasteiger charge is 2.48. The first-order chi connectivity index (χ1) is 15.3. The molecule has 4 unspecified atom stereocenters. The SMILES string of the molecule is C=CC(O)CC(C=C)[C@H](O[Si](C)(C)C(C)(C)C)[C@@H](O[Si](C)(C)C(C)(C)C)C(C=C)CC(O)C=C. The highest BCUT2D eigenvalue weighted by Crippen LogP contribution is 2.44. The highest BCUT2D eigenvalue weighted by atomic mass is 28.4. The van der Waals surface area contributed by atoms with Crippen LogP contribution in [0.2, 0.25) is 36.3 Å². The van der Waals surface area contributed by atoms with Crippen molar-refractivity contribution in [2.75, 3.05) is 0 Å². The minimum absolute atomic E-state index is 0.0140. The largest absolute Gasteiger partial charge is 0.411 e. The number of hydrogen-bond acceptors (Lipinski definition) is 4. The molecule has 0 bridgehead atoms. The van der Waals surface area contributed by atoms with Gasteiger partial charge in [0.05, 0.1) is 24.4 Å². The Hall–Kier alpha value is -0.766. The van der Waals surface area contributed by atoms with E-state index in [9.17, 15) is 10.2 Å². The predicted molar refractivity (Wildman–Crippen MR) is 153 cm³/mol. The van der Waals surface area contributed by atoms with Crippen molar-refractivity contribution in [3.05, 3.63) is 50.6 Å². The van der Waals surface area contributed by atoms with Crippen LogP contribution in [0.15, 0.2) is 50.6 Å². The van der Waals surface area contributed by atoms with E-state index in [-0.39, 0.29) is 34.1 Å². The van der Waals surface area contributed by atoms with Gasteiger partial charge in [0, 0.05) is 11.8 Å². The average molecular weight is 511 g/mol. The van der Waals surface area contributed by atoms with Crippen LogP contribution in [-0.2, 0) is 8.85 Å². The lowest BCUT2D eigenvalue weighted by Crippen LogP contribution is -2.56. The molecule has 0 radical (unpaired) electrons. The van der Waals surface area contributed by atoms with E-state index in [4.69, 9.17) is 8.85 Å². The minimum Gasteiger partial charge on any atom is -0.411 e. The van der Waals surface area contributed by atoms with Gasteiger partial charge in [-0.1, -0.05) is 65.8 Å². The molecule has 4 nitrogen and oxygen atoms in total. The predicted octanol–water partition coefficient (Wildman–Crippen LogP) is 7.25. The molecule has 6 atom stereocenters. The molecule has 2 N–H and O–H groups in total. The summed E-state index contributed by atoms with van der Waals surface area (Å²) in [7, 11) is -4.47. The van der Waals surface area contributed by atoms with Gasteiger partial charge in [-0.15, -0.1) is 26.3 Å². The molecular formula is C28H54O4Si2. The Morgan fingerprint density at radius 1 is 0.618 bits per heavy atom. The lowest BCUT2D eigenvalue weighted by molar-refractivity contribution is -0.0258. The quantitative estimate of drug-likeness (QED) is 0.180. The third-order valence-electron chi connectivity index (χ3n) is 7.82. The van der Waals surface area contributed by atoms with Gasteiger partial charge < -0.3 is 19.1 Å². The molecule has 0 spiro atoms. The molecule has 0 fully saturated rings. The van der Waals surface area contributed by atoms with E-state index < -0.39 is 28.8 Å². The molecule has 0 rings (SSSR count). The zero-order chi connectivity index (χ0) is 27.1. The Bertz CT molecular complexity index is 615. The fourth-order valence-electron chi connectivity index (χ4n) is 3.31. The van der Waals surface area contributed by atoms with Gasteiger partial charge in [0.15, 0.2) is 16.6 Å². The molecule has 0 amide bonds. The van der Waals surface area contributed by atoms with Crippen LogP contribution in [0, 0.1) is 11.8 Å². The topological polar surface area (TPSA) is 58.9 Å². The third-order valence-corrected chi connectivity index (χ3v) is 16.8. The average Bonchev–Trinajstić information content (AvgIpc) is 2.70. The smallest absolute Gasteiger partial charge is 0.192 e. The fourth-order valence-corrected chi connectivity index (χ4v) is 6.00. The van der Waals surface area contributed by atoms with Gasteiger partial charge in [-0.3, -0.25) is 0 Å². The lowest BCUT2D eigenvalue weighted by atomic mass is 9.84. The van der Waals surface area contributed by atoms with E-state index >= 15 is 0 Å². The van der Waals surface area contributed by atoms with Gasteiger partial charge in [0.25, 0.3) is 0 Å². The van der Waals surface area contributed by atoms with Crippen LogP contribution >= 0.6 is 0 Å². The summed E-state index contributed by atoms with van der Waals surface area (Å²) in [6.45, 7) is 37.9. The van der Waals surface area contributed by atoms with Gasteiger partial charge in [-0.05, 0) is 49.1 Å². The maximum absolute atomic E-state index is 10.5. The Morgan fingerprint density at radius 3 is 1.06 bits per heavy atom. The second-order valence-corrected chi connectivity index (χ2v) is 22.1. The van der Waals surface area contributed by atoms with Crippen molar-refractivity contribution in [1.82, 2.24) is 0 Å². The van der Waals surface area contributed by atoms with Crippen molar-refractivity contribution < 1.29 is 19.1 Å². The van der Waals surface area contributed by atoms with E-state index in [1.54, 1.807) is 12.2 Å². The Morgan fingerprint density at radius 2 is 0.882 bits per heavy atom. The van der Waals surface area contributed by atoms with E-state index in [1.807, 2.05) is 12.2 Å². The molecular weight excluding hydrogens is 456 g/mol. The van der Waals surface area contributed by atoms with Gasteiger partial charge in [0.1, 0.15) is 0 Å². The monoisotopic (exact) mass is 510 g/mol. The minimum atomic E-state index is -2.24. The van der Waals surface area contributed by atoms with E-state index in [1.165, 1.54) is 0 Å². The molecule has 0 aromatic rings. The van der Waals surface area contributed by atoms with Crippen molar-refractivity contribution in [3.63, 3.8) is 0 Å². The zero-order valence-corrected chi connectivity index (χ0v) is 25.7. The summed E-state index contributed by atoms with van der Waals surface area (Å²) in [6.07, 6.45) is 5.66. The summed E-state index contributed by atoms with van der Waals surface area (Å²) < 4.78 is 14.2. The van der Waals surface area contributed by atoms with Crippen LogP contribution in [0.3, 0.4) is 0 Å². The molecule has 0 saturated heterocycles. The maximum Gasteiger partial charge on any atom is 0.192 e. The first-order valence-electron chi connectivity index (χ1n) is 12.5. The summed E-state index contributed by atoms with van der Waals surface area (Å²) in [6, 6.07) is 0. The van der Waals surface area contributed by atoms with Crippen molar-refractivity contribution in [1.29, 1.82) is 0 Å². The van der Waals surface area contributed by atoms with Gasteiger partial charge in [-0.25, -0.2) is 0 Å². The summed E-state index contributed by atoms with van der Waals surface area (Å²) in [5.41, 5.74) is 0. The standard InChI is InChI=1S/C28H54O4Si2/c1-15-21(19-23(29)17-3)25(31-33(11,12)27(5,6)7)26(22(16-2)20-24(30)18-4)32-34(13,14)28(8,9)10/h15-18,21-26,29-30H,1-4,19-20H2,5-14H3/t21?,22?,23?,24?,25-,26-/m0/s1. The number of aliphatic hydroxyl groups is 2. The molecule has 0 heterocycles. The molecule has 0 saturated carbocycles. The van der Waals surface area contributed by atoms with Crippen LogP contribution in [0.5, 0.6) is 0 Å². The van der Waals surface area contributed by atoms with Gasteiger partial charge in [-0.2, -0.15) is 0 Å². The summed E-state index contributed by atoms with van der Waals surface area (Å²) in [4.78, 5) is 0. The van der Waals surface area contributed by atoms with Crippen molar-refractivity contribution >= 4 is 16.6 Å². The Labute approximate surface area is 213 Å². The van der Waals surface area contributed by atoms with Crippen molar-refractivity contribution in [2.24, 2.45) is 11.8 Å². The Balaban J connectivity index is 6.84.